The molecule has 0 bridgehead atoms. The van der Waals surface area contributed by atoms with E-state index in [4.69, 9.17) is 26.7 Å². The van der Waals surface area contributed by atoms with Crippen molar-refractivity contribution in [1.29, 1.82) is 0 Å². The second-order valence-electron chi connectivity index (χ2n) is 10.4. The van der Waals surface area contributed by atoms with Crippen LogP contribution < -0.4 is 19.7 Å². The topological polar surface area (TPSA) is 51.6 Å². The number of aryl methyl sites for hydroxylation is 2. The lowest BCUT2D eigenvalue weighted by Gasteiger charge is -2.28. The number of hydrogen-bond donors (Lipinski definition) is 1. The van der Waals surface area contributed by atoms with Crippen LogP contribution in [0.4, 0.5) is 5.69 Å². The van der Waals surface area contributed by atoms with Gasteiger partial charge >= 0.3 is 0 Å². The minimum Gasteiger partial charge on any atom is -0.497 e. The summed E-state index contributed by atoms with van der Waals surface area (Å²) in [5.41, 5.74) is 8.05. The Labute approximate surface area is 252 Å². The number of pyridine rings is 1. The monoisotopic (exact) mass is 574 g/mol. The smallest absolute Gasteiger partial charge is 0.174 e. The Bertz CT molecular complexity index is 1700. The van der Waals surface area contributed by atoms with Crippen LogP contribution in [0.25, 0.3) is 5.69 Å². The maximum atomic E-state index is 6.10. The second-order valence-corrected chi connectivity index (χ2v) is 10.8. The van der Waals surface area contributed by atoms with E-state index in [2.05, 4.69) is 84.1 Å². The van der Waals surface area contributed by atoms with Crippen LogP contribution in [0.2, 0.25) is 0 Å². The highest BCUT2D eigenvalue weighted by Crippen LogP contribution is 2.44. The zero-order valence-corrected chi connectivity index (χ0v) is 25.1. The zero-order valence-electron chi connectivity index (χ0n) is 24.2. The quantitative estimate of drug-likeness (QED) is 0.189. The molecule has 3 heterocycles. The van der Waals surface area contributed by atoms with Gasteiger partial charge in [0.25, 0.3) is 0 Å². The largest absolute Gasteiger partial charge is 0.497 e. The van der Waals surface area contributed by atoms with Crippen molar-refractivity contribution in [2.24, 2.45) is 0 Å². The number of nitrogens with zero attached hydrogens (tertiary/aromatic N) is 3. The fourth-order valence-corrected chi connectivity index (χ4v) is 6.24. The molecule has 5 aromatic rings. The van der Waals surface area contributed by atoms with Crippen molar-refractivity contribution in [3.8, 4) is 22.9 Å². The zero-order chi connectivity index (χ0) is 29.2. The first-order valence-electron chi connectivity index (χ1n) is 14.2. The summed E-state index contributed by atoms with van der Waals surface area (Å²) in [6.07, 6.45) is 2.80. The number of methoxy groups -OCH3 is 1. The Morgan fingerprint density at radius 1 is 0.857 bits per heavy atom. The number of aromatic nitrogens is 2. The van der Waals surface area contributed by atoms with Crippen LogP contribution in [0.3, 0.4) is 0 Å². The van der Waals surface area contributed by atoms with Gasteiger partial charge in [-0.3, -0.25) is 4.98 Å². The van der Waals surface area contributed by atoms with Crippen LogP contribution in [0.5, 0.6) is 17.2 Å². The highest BCUT2D eigenvalue weighted by atomic mass is 32.1. The van der Waals surface area contributed by atoms with Crippen molar-refractivity contribution in [2.45, 2.75) is 39.3 Å². The number of thiocarbonyl (C=S) groups is 1. The molecule has 6 rings (SSSR count). The molecule has 0 saturated carbocycles. The molecule has 0 aliphatic carbocycles. The molecule has 3 aromatic carbocycles. The molecule has 6 nitrogen and oxygen atoms in total. The Morgan fingerprint density at radius 3 is 2.19 bits per heavy atom. The van der Waals surface area contributed by atoms with Gasteiger partial charge in [0, 0.05) is 29.0 Å². The summed E-state index contributed by atoms with van der Waals surface area (Å²) in [7, 11) is 1.65. The lowest BCUT2D eigenvalue weighted by molar-refractivity contribution is 0.413. The van der Waals surface area contributed by atoms with Crippen LogP contribution in [0.15, 0.2) is 103 Å². The molecule has 1 N–H and O–H groups in total. The number of hydrogen-bond acceptors (Lipinski definition) is 4. The molecular formula is C35H34N4O2S. The molecule has 7 heteroatoms. The third-order valence-corrected chi connectivity index (χ3v) is 8.23. The van der Waals surface area contributed by atoms with Gasteiger partial charge in [-0.15, -0.1) is 0 Å². The molecular weight excluding hydrogens is 540 g/mol. The van der Waals surface area contributed by atoms with Crippen molar-refractivity contribution in [2.75, 3.05) is 12.0 Å². The van der Waals surface area contributed by atoms with Crippen molar-refractivity contribution in [3.05, 3.63) is 131 Å². The number of rotatable bonds is 8. The Balaban J connectivity index is 1.40. The maximum Gasteiger partial charge on any atom is 0.174 e. The number of ether oxygens (including phenoxy) is 2. The SMILES string of the molecule is CCc1ccccc1-n1c(C)cc(C2C(c3ccccn3)NC(=S)N2c2ccc(Oc3ccc(OC)cc3)cc2)c1C. The van der Waals surface area contributed by atoms with Gasteiger partial charge in [0.1, 0.15) is 17.2 Å². The van der Waals surface area contributed by atoms with Crippen LogP contribution >= 0.6 is 12.2 Å². The molecule has 1 fully saturated rings. The minimum absolute atomic E-state index is 0.102. The van der Waals surface area contributed by atoms with E-state index in [-0.39, 0.29) is 12.1 Å². The molecule has 0 spiro atoms. The van der Waals surface area contributed by atoms with Gasteiger partial charge in [-0.25, -0.2) is 0 Å². The predicted molar refractivity (Wildman–Crippen MR) is 172 cm³/mol. The molecule has 0 radical (unpaired) electrons. The van der Waals surface area contributed by atoms with Gasteiger partial charge in [0.05, 0.1) is 24.9 Å². The van der Waals surface area contributed by atoms with Gasteiger partial charge in [-0.2, -0.15) is 0 Å². The summed E-state index contributed by atoms with van der Waals surface area (Å²) in [5.74, 6) is 2.28. The van der Waals surface area contributed by atoms with Gasteiger partial charge in [-0.1, -0.05) is 31.2 Å². The summed E-state index contributed by atoms with van der Waals surface area (Å²) >= 11 is 5.99. The molecule has 1 saturated heterocycles. The van der Waals surface area contributed by atoms with Crippen molar-refractivity contribution < 1.29 is 9.47 Å². The molecule has 2 atom stereocenters. The van der Waals surface area contributed by atoms with Gasteiger partial charge < -0.3 is 24.3 Å². The molecule has 1 aliphatic rings. The number of anilines is 1. The minimum atomic E-state index is -0.121. The van der Waals surface area contributed by atoms with Crippen LogP contribution in [0, 0.1) is 13.8 Å². The van der Waals surface area contributed by atoms with Crippen molar-refractivity contribution in [3.63, 3.8) is 0 Å². The average molecular weight is 575 g/mol. The predicted octanol–water partition coefficient (Wildman–Crippen LogP) is 8.03. The van der Waals surface area contributed by atoms with Crippen LogP contribution in [-0.4, -0.2) is 21.8 Å². The first-order chi connectivity index (χ1) is 20.5. The van der Waals surface area contributed by atoms with E-state index in [0.29, 0.717) is 5.11 Å². The number of para-hydroxylation sites is 1. The average Bonchev–Trinajstić information content (AvgIpc) is 3.52. The normalized spacial score (nSPS) is 16.4. The van der Waals surface area contributed by atoms with E-state index in [9.17, 15) is 0 Å². The summed E-state index contributed by atoms with van der Waals surface area (Å²) in [4.78, 5) is 6.94. The van der Waals surface area contributed by atoms with Crippen molar-refractivity contribution in [1.82, 2.24) is 14.9 Å². The highest BCUT2D eigenvalue weighted by molar-refractivity contribution is 7.80. The fourth-order valence-electron chi connectivity index (χ4n) is 5.89. The van der Waals surface area contributed by atoms with Gasteiger partial charge in [0.15, 0.2) is 5.11 Å². The van der Waals surface area contributed by atoms with Crippen molar-refractivity contribution >= 4 is 23.0 Å². The molecule has 0 amide bonds. The third kappa shape index (κ3) is 5.12. The van der Waals surface area contributed by atoms with E-state index in [1.165, 1.54) is 28.2 Å². The van der Waals surface area contributed by atoms with Gasteiger partial charge in [0.2, 0.25) is 0 Å². The number of nitrogens with one attached hydrogen (secondary N) is 1. The third-order valence-electron chi connectivity index (χ3n) is 7.91. The Morgan fingerprint density at radius 2 is 1.52 bits per heavy atom. The lowest BCUT2D eigenvalue weighted by Crippen LogP contribution is -2.29. The molecule has 1 aliphatic heterocycles. The number of benzene rings is 3. The summed E-state index contributed by atoms with van der Waals surface area (Å²) in [6.45, 7) is 6.58. The molecule has 2 aromatic heterocycles. The molecule has 212 valence electrons. The maximum absolute atomic E-state index is 6.10. The fraction of sp³-hybridized carbons (Fsp3) is 0.200. The van der Waals surface area contributed by atoms with Crippen LogP contribution in [0.1, 0.15) is 47.2 Å². The summed E-state index contributed by atoms with van der Waals surface area (Å²) in [6, 6.07) is 32.4. The first-order valence-corrected chi connectivity index (χ1v) is 14.6. The Hall–Kier alpha value is -4.62. The summed E-state index contributed by atoms with van der Waals surface area (Å²) in [5, 5.41) is 4.26. The van der Waals surface area contributed by atoms with Crippen LogP contribution in [-0.2, 0) is 6.42 Å². The first kappa shape index (κ1) is 27.5. The highest BCUT2D eigenvalue weighted by Gasteiger charge is 2.42. The van der Waals surface area contributed by atoms with E-state index >= 15 is 0 Å². The van der Waals surface area contributed by atoms with E-state index in [0.717, 1.165) is 35.1 Å². The second kappa shape index (κ2) is 11.7. The van der Waals surface area contributed by atoms with E-state index < -0.39 is 0 Å². The summed E-state index contributed by atoms with van der Waals surface area (Å²) < 4.78 is 13.7. The lowest BCUT2D eigenvalue weighted by atomic mass is 9.96. The standard InChI is InChI=1S/C35H34N4O2S/c1-5-25-10-6-7-12-32(25)38-23(2)22-30(24(38)3)34-33(31-11-8-9-21-36-31)37-35(42)39(34)26-13-15-28(16-14-26)41-29-19-17-27(40-4)18-20-29/h6-22,33-34H,5H2,1-4H3,(H,37,42). The van der Waals surface area contributed by atoms with E-state index in [1.54, 1.807) is 7.11 Å². The molecule has 42 heavy (non-hydrogen) atoms. The molecule has 2 unspecified atom stereocenters. The van der Waals surface area contributed by atoms with E-state index in [1.807, 2.05) is 54.7 Å². The Kier molecular flexibility index (Phi) is 7.68. The van der Waals surface area contributed by atoms with Gasteiger partial charge in [-0.05, 0) is 116 Å².